The van der Waals surface area contributed by atoms with E-state index in [1.54, 1.807) is 0 Å². The fourth-order valence-electron chi connectivity index (χ4n) is 2.42. The third-order valence-corrected chi connectivity index (χ3v) is 3.42. The minimum atomic E-state index is -4.65. The normalized spacial score (nSPS) is 31.7. The largest absolute Gasteiger partial charge is 0.415 e. The van der Waals surface area contributed by atoms with Gasteiger partial charge < -0.3 is 15.6 Å². The number of hydrogen-bond donors (Lipinski definition) is 2. The van der Waals surface area contributed by atoms with Crippen LogP contribution in [0.1, 0.15) is 5.56 Å². The first kappa shape index (κ1) is 14.2. The van der Waals surface area contributed by atoms with Crippen molar-refractivity contribution < 1.29 is 27.4 Å². The van der Waals surface area contributed by atoms with Gasteiger partial charge in [-0.1, -0.05) is 18.2 Å². The fourth-order valence-corrected chi connectivity index (χ4v) is 2.42. The van der Waals surface area contributed by atoms with E-state index >= 15 is 0 Å². The third kappa shape index (κ3) is 2.33. The van der Waals surface area contributed by atoms with Crippen molar-refractivity contribution >= 4 is 0 Å². The van der Waals surface area contributed by atoms with Crippen LogP contribution in [0.25, 0.3) is 0 Å². The second kappa shape index (κ2) is 4.73. The Balaban J connectivity index is 2.42. The highest BCUT2D eigenvalue weighted by Crippen LogP contribution is 2.44. The molecule has 1 aromatic carbocycles. The molecule has 3 nitrogen and oxygen atoms in total. The lowest BCUT2D eigenvalue weighted by Gasteiger charge is -2.31. The topological polar surface area (TPSA) is 55.5 Å². The second-order valence-corrected chi connectivity index (χ2v) is 4.58. The Morgan fingerprint density at radius 2 is 2.00 bits per heavy atom. The molecule has 19 heavy (non-hydrogen) atoms. The highest BCUT2D eigenvalue weighted by molar-refractivity contribution is 5.29. The maximum Gasteiger partial charge on any atom is 0.415 e. The number of hydrogen-bond acceptors (Lipinski definition) is 3. The Kier molecular flexibility index (Phi) is 3.55. The van der Waals surface area contributed by atoms with Crippen molar-refractivity contribution in [1.29, 1.82) is 0 Å². The fraction of sp³-hybridized carbons (Fsp3) is 0.500. The quantitative estimate of drug-likeness (QED) is 0.808. The molecule has 1 fully saturated rings. The SMILES string of the molecule is N[C@]1(c2ccccc2F)CO[C@@H](C(F)(F)F)[C@@H]1CO. The van der Waals surface area contributed by atoms with E-state index in [1.165, 1.54) is 18.2 Å². The van der Waals surface area contributed by atoms with Crippen LogP contribution in [0.5, 0.6) is 0 Å². The van der Waals surface area contributed by atoms with Crippen LogP contribution in [-0.4, -0.2) is 30.6 Å². The van der Waals surface area contributed by atoms with Gasteiger partial charge >= 0.3 is 6.18 Å². The zero-order valence-electron chi connectivity index (χ0n) is 9.82. The van der Waals surface area contributed by atoms with Gasteiger partial charge in [0.2, 0.25) is 0 Å². The molecule has 1 aliphatic heterocycles. The summed E-state index contributed by atoms with van der Waals surface area (Å²) in [7, 11) is 0. The van der Waals surface area contributed by atoms with E-state index in [2.05, 4.69) is 4.74 Å². The standard InChI is InChI=1S/C12H13F4NO2/c13-9-4-2-1-3-7(9)11(17)6-19-10(8(11)5-18)12(14,15)16/h1-4,8,10,18H,5-6,17H2/t8-,10+,11-/m0/s1. The first-order chi connectivity index (χ1) is 8.80. The molecule has 1 aliphatic rings. The van der Waals surface area contributed by atoms with Gasteiger partial charge in [0.1, 0.15) is 5.82 Å². The Morgan fingerprint density at radius 1 is 1.37 bits per heavy atom. The molecule has 1 heterocycles. The predicted octanol–water partition coefficient (Wildman–Crippen LogP) is 1.55. The summed E-state index contributed by atoms with van der Waals surface area (Å²) in [5, 5.41) is 9.21. The van der Waals surface area contributed by atoms with Crippen molar-refractivity contribution in [1.82, 2.24) is 0 Å². The van der Waals surface area contributed by atoms with Crippen molar-refractivity contribution in [2.24, 2.45) is 11.7 Å². The number of aliphatic hydroxyl groups excluding tert-OH is 1. The van der Waals surface area contributed by atoms with Gasteiger partial charge in [0, 0.05) is 11.5 Å². The van der Waals surface area contributed by atoms with Gasteiger partial charge in [-0.2, -0.15) is 13.2 Å². The lowest BCUT2D eigenvalue weighted by molar-refractivity contribution is -0.219. The molecule has 0 saturated carbocycles. The summed E-state index contributed by atoms with van der Waals surface area (Å²) in [6.45, 7) is -1.33. The number of alkyl halides is 3. The van der Waals surface area contributed by atoms with Gasteiger partial charge in [-0.05, 0) is 6.07 Å². The minimum Gasteiger partial charge on any atom is -0.396 e. The molecule has 0 radical (unpaired) electrons. The minimum absolute atomic E-state index is 0.0826. The van der Waals surface area contributed by atoms with E-state index in [0.29, 0.717) is 0 Å². The molecule has 0 amide bonds. The predicted molar refractivity (Wildman–Crippen MR) is 58.6 cm³/mol. The lowest BCUT2D eigenvalue weighted by Crippen LogP contribution is -2.50. The molecule has 3 atom stereocenters. The number of halogens is 4. The van der Waals surface area contributed by atoms with Crippen LogP contribution in [0.2, 0.25) is 0 Å². The molecule has 2 rings (SSSR count). The molecule has 0 unspecified atom stereocenters. The first-order valence-corrected chi connectivity index (χ1v) is 5.64. The van der Waals surface area contributed by atoms with Crippen LogP contribution in [0.15, 0.2) is 24.3 Å². The molecule has 7 heteroatoms. The monoisotopic (exact) mass is 279 g/mol. The van der Waals surface area contributed by atoms with Gasteiger partial charge in [0.05, 0.1) is 18.8 Å². The highest BCUT2D eigenvalue weighted by Gasteiger charge is 2.58. The van der Waals surface area contributed by atoms with E-state index in [-0.39, 0.29) is 5.56 Å². The molecule has 1 saturated heterocycles. The molecule has 3 N–H and O–H groups in total. The van der Waals surface area contributed by atoms with E-state index in [9.17, 15) is 22.7 Å². The Labute approximate surface area is 107 Å². The smallest absolute Gasteiger partial charge is 0.396 e. The van der Waals surface area contributed by atoms with E-state index < -0.39 is 42.8 Å². The van der Waals surface area contributed by atoms with Gasteiger partial charge in [-0.3, -0.25) is 0 Å². The van der Waals surface area contributed by atoms with Crippen LogP contribution in [-0.2, 0) is 10.3 Å². The Hall–Kier alpha value is -1.18. The average molecular weight is 279 g/mol. The summed E-state index contributed by atoms with van der Waals surface area (Å²) in [5.41, 5.74) is 4.12. The van der Waals surface area contributed by atoms with E-state index in [4.69, 9.17) is 5.73 Å². The average Bonchev–Trinajstić information content (AvgIpc) is 2.67. The number of benzene rings is 1. The zero-order valence-corrected chi connectivity index (χ0v) is 9.82. The third-order valence-electron chi connectivity index (χ3n) is 3.42. The van der Waals surface area contributed by atoms with Crippen LogP contribution in [0.3, 0.4) is 0 Å². The number of nitrogens with two attached hydrogens (primary N) is 1. The summed E-state index contributed by atoms with van der Waals surface area (Å²) < 4.78 is 56.7. The van der Waals surface area contributed by atoms with Crippen LogP contribution >= 0.6 is 0 Å². The molecule has 0 aromatic heterocycles. The lowest BCUT2D eigenvalue weighted by atomic mass is 9.78. The molecule has 0 aliphatic carbocycles. The molecule has 0 bridgehead atoms. The molecule has 1 aromatic rings. The Bertz CT molecular complexity index is 465. The van der Waals surface area contributed by atoms with Crippen LogP contribution in [0, 0.1) is 11.7 Å². The number of ether oxygens (including phenoxy) is 1. The molecular formula is C12H13F4NO2. The maximum atomic E-state index is 13.7. The van der Waals surface area contributed by atoms with Crippen LogP contribution in [0.4, 0.5) is 17.6 Å². The van der Waals surface area contributed by atoms with Crippen LogP contribution < -0.4 is 5.73 Å². The Morgan fingerprint density at radius 3 is 2.53 bits per heavy atom. The van der Waals surface area contributed by atoms with E-state index in [0.717, 1.165) is 6.07 Å². The van der Waals surface area contributed by atoms with E-state index in [1.807, 2.05) is 0 Å². The number of aliphatic hydroxyl groups is 1. The maximum absolute atomic E-state index is 13.7. The summed E-state index contributed by atoms with van der Waals surface area (Å²) in [5.74, 6) is -2.15. The highest BCUT2D eigenvalue weighted by atomic mass is 19.4. The zero-order chi connectivity index (χ0) is 14.3. The molecule has 106 valence electrons. The molecule has 0 spiro atoms. The van der Waals surface area contributed by atoms with Crippen molar-refractivity contribution in [3.63, 3.8) is 0 Å². The van der Waals surface area contributed by atoms with Gasteiger partial charge in [0.15, 0.2) is 6.10 Å². The summed E-state index contributed by atoms with van der Waals surface area (Å²) >= 11 is 0. The summed E-state index contributed by atoms with van der Waals surface area (Å²) in [6.07, 6.45) is -6.85. The van der Waals surface area contributed by atoms with Crippen molar-refractivity contribution in [2.45, 2.75) is 17.8 Å². The summed E-state index contributed by atoms with van der Waals surface area (Å²) in [6, 6.07) is 5.30. The summed E-state index contributed by atoms with van der Waals surface area (Å²) in [4.78, 5) is 0. The van der Waals surface area contributed by atoms with Gasteiger partial charge in [-0.25, -0.2) is 4.39 Å². The van der Waals surface area contributed by atoms with Gasteiger partial charge in [0.25, 0.3) is 0 Å². The first-order valence-electron chi connectivity index (χ1n) is 5.64. The van der Waals surface area contributed by atoms with Crippen molar-refractivity contribution in [3.05, 3.63) is 35.6 Å². The second-order valence-electron chi connectivity index (χ2n) is 4.58. The molecular weight excluding hydrogens is 266 g/mol. The number of rotatable bonds is 2. The van der Waals surface area contributed by atoms with Crippen molar-refractivity contribution in [3.8, 4) is 0 Å². The van der Waals surface area contributed by atoms with Crippen molar-refractivity contribution in [2.75, 3.05) is 13.2 Å². The van der Waals surface area contributed by atoms with Gasteiger partial charge in [-0.15, -0.1) is 0 Å².